The average Bonchev–Trinajstić information content (AvgIpc) is 3.05. The minimum Gasteiger partial charge on any atom is -0.854 e. The van der Waals surface area contributed by atoms with Crippen molar-refractivity contribution in [3.8, 4) is 0 Å². The van der Waals surface area contributed by atoms with Gasteiger partial charge in [-0.05, 0) is 0 Å². The maximum atomic E-state index is 9.46. The Kier molecular flexibility index (Phi) is 43.8. The summed E-state index contributed by atoms with van der Waals surface area (Å²) in [7, 11) is 0. The number of hydrogen-bond donors (Lipinski definition) is 0. The first-order valence-corrected chi connectivity index (χ1v) is 7.51. The van der Waals surface area contributed by atoms with Crippen LogP contribution in [-0.4, -0.2) is 19.8 Å². The van der Waals surface area contributed by atoms with Crippen molar-refractivity contribution in [2.75, 3.05) is 19.8 Å². The molecule has 1 rings (SSSR count). The molecule has 0 atom stereocenters. The van der Waals surface area contributed by atoms with Crippen LogP contribution in [0.3, 0.4) is 0 Å². The van der Waals surface area contributed by atoms with Crippen LogP contribution in [0.1, 0.15) is 39.0 Å². The van der Waals surface area contributed by atoms with E-state index in [9.17, 15) is 15.3 Å². The molecule has 0 aromatic rings. The summed E-state index contributed by atoms with van der Waals surface area (Å²) in [5.74, 6) is 0. The molecule has 0 aromatic carbocycles. The summed E-state index contributed by atoms with van der Waals surface area (Å²) in [6, 6.07) is 0. The van der Waals surface area contributed by atoms with Gasteiger partial charge in [0.1, 0.15) is 0 Å². The normalized spacial score (nSPS) is 10.2. The molecule has 3 nitrogen and oxygen atoms in total. The topological polar surface area (TPSA) is 69.2 Å². The van der Waals surface area contributed by atoms with Crippen LogP contribution in [0.2, 0.25) is 0 Å². The molecule has 0 unspecified atom stereocenters. The largest absolute Gasteiger partial charge is 4.00 e. The zero-order valence-corrected chi connectivity index (χ0v) is 16.8. The monoisotopic (exact) mass is 396 g/mol. The van der Waals surface area contributed by atoms with Gasteiger partial charge in [0.25, 0.3) is 0 Å². The second-order valence-corrected chi connectivity index (χ2v) is 4.01. The molecule has 0 aromatic heterocycles. The molecule has 0 radical (unpaired) electrons. The van der Waals surface area contributed by atoms with E-state index in [2.05, 4.69) is 44.9 Å². The van der Waals surface area contributed by atoms with E-state index in [0.717, 1.165) is 12.8 Å². The molecule has 1 aliphatic rings. The summed E-state index contributed by atoms with van der Waals surface area (Å²) in [5.41, 5.74) is 1.36. The molecule has 128 valence electrons. The molecule has 0 heterocycles. The van der Waals surface area contributed by atoms with Crippen molar-refractivity contribution in [1.29, 1.82) is 0 Å². The molecule has 23 heavy (non-hydrogen) atoms. The van der Waals surface area contributed by atoms with Gasteiger partial charge in [-0.2, -0.15) is 6.08 Å². The zero-order valence-electron chi connectivity index (χ0n) is 14.4. The summed E-state index contributed by atoms with van der Waals surface area (Å²) in [6.45, 7) is 12.1. The van der Waals surface area contributed by atoms with Gasteiger partial charge in [0.05, 0.1) is 0 Å². The molecular weight excluding hydrogens is 367 g/mol. The fraction of sp³-hybridized carbons (Fsp3) is 0.474. The van der Waals surface area contributed by atoms with Crippen LogP contribution in [0.25, 0.3) is 0 Å². The minimum absolute atomic E-state index is 0. The third-order valence-electron chi connectivity index (χ3n) is 2.11. The van der Waals surface area contributed by atoms with E-state index in [4.69, 9.17) is 0 Å². The predicted molar refractivity (Wildman–Crippen MR) is 89.8 cm³/mol. The summed E-state index contributed by atoms with van der Waals surface area (Å²) >= 11 is 0. The first-order valence-electron chi connectivity index (χ1n) is 7.51. The van der Waals surface area contributed by atoms with Gasteiger partial charge in [-0.1, -0.05) is 50.8 Å². The van der Waals surface area contributed by atoms with Gasteiger partial charge >= 0.3 is 26.2 Å². The van der Waals surface area contributed by atoms with Gasteiger partial charge in [0, 0.05) is 0 Å². The van der Waals surface area contributed by atoms with Crippen molar-refractivity contribution in [3.05, 3.63) is 61.8 Å². The van der Waals surface area contributed by atoms with E-state index in [-0.39, 0.29) is 46.0 Å². The molecule has 0 fully saturated rings. The number of rotatable bonds is 7. The van der Waals surface area contributed by atoms with Gasteiger partial charge in [0.2, 0.25) is 0 Å². The molecule has 0 N–H and O–H groups in total. The van der Waals surface area contributed by atoms with Crippen molar-refractivity contribution in [1.82, 2.24) is 0 Å². The maximum Gasteiger partial charge on any atom is 4.00 e. The van der Waals surface area contributed by atoms with E-state index in [1.165, 1.54) is 5.57 Å². The minimum atomic E-state index is -0.0243. The second-order valence-electron chi connectivity index (χ2n) is 4.01. The van der Waals surface area contributed by atoms with Crippen LogP contribution in [0.4, 0.5) is 0 Å². The van der Waals surface area contributed by atoms with Crippen molar-refractivity contribution in [2.24, 2.45) is 0 Å². The average molecular weight is 398 g/mol. The number of allylic oxidation sites excluding steroid dienone is 4. The molecule has 0 aliphatic heterocycles. The van der Waals surface area contributed by atoms with Gasteiger partial charge in [0.15, 0.2) is 0 Å². The van der Waals surface area contributed by atoms with Crippen LogP contribution >= 0.6 is 0 Å². The molecular formula is C19H30O3Zr. The fourth-order valence-electron chi connectivity index (χ4n) is 0.943. The van der Waals surface area contributed by atoms with Crippen LogP contribution in [0.15, 0.2) is 55.7 Å². The Bertz CT molecular complexity index is 273. The number of hydrogen-bond acceptors (Lipinski definition) is 3. The van der Waals surface area contributed by atoms with Gasteiger partial charge in [-0.3, -0.25) is 6.08 Å². The smallest absolute Gasteiger partial charge is 0.854 e. The first-order chi connectivity index (χ1) is 10.7. The summed E-state index contributed by atoms with van der Waals surface area (Å²) in [4.78, 5) is 0. The van der Waals surface area contributed by atoms with E-state index in [1.807, 2.05) is 0 Å². The molecule has 0 bridgehead atoms. The fourth-order valence-corrected chi connectivity index (χ4v) is 0.943. The third-order valence-corrected chi connectivity index (χ3v) is 2.11. The van der Waals surface area contributed by atoms with E-state index >= 15 is 0 Å². The van der Waals surface area contributed by atoms with Gasteiger partial charge in [-0.25, -0.2) is 11.6 Å². The molecule has 0 saturated carbocycles. The van der Waals surface area contributed by atoms with Crippen LogP contribution < -0.4 is 15.3 Å². The summed E-state index contributed by atoms with van der Waals surface area (Å²) in [6.07, 6.45) is 16.3. The molecule has 0 amide bonds. The Morgan fingerprint density at radius 3 is 1.43 bits per heavy atom. The van der Waals surface area contributed by atoms with E-state index in [1.54, 1.807) is 18.2 Å². The van der Waals surface area contributed by atoms with Crippen molar-refractivity contribution in [3.63, 3.8) is 0 Å². The molecule has 0 saturated heterocycles. The SMILES string of the molecule is C=CCC[O-].C=CCC[O-].C=CCC[O-].CCC1=[C-]CC=C1.[Zr+4]. The molecule has 1 aliphatic carbocycles. The van der Waals surface area contributed by atoms with Crippen LogP contribution in [0, 0.1) is 6.08 Å². The van der Waals surface area contributed by atoms with Crippen molar-refractivity contribution >= 4 is 0 Å². The van der Waals surface area contributed by atoms with Crippen LogP contribution in [-0.2, 0) is 26.2 Å². The Labute approximate surface area is 162 Å². The Morgan fingerprint density at radius 2 is 1.35 bits per heavy atom. The summed E-state index contributed by atoms with van der Waals surface area (Å²) in [5, 5.41) is 28.4. The Morgan fingerprint density at radius 1 is 0.957 bits per heavy atom. The first kappa shape index (κ1) is 30.4. The second kappa shape index (κ2) is 33.2. The standard InChI is InChI=1S/C7H9.3C4H7O.Zr/c1-2-7-5-3-4-6-7;3*1-2-3-4-5;/h3,5H,2,4H2,1H3;3*2H,1,3-4H2;/q4*-1;+4. The zero-order chi connectivity index (χ0) is 17.5. The predicted octanol–water partition coefficient (Wildman–Crippen LogP) is 1.85. The van der Waals surface area contributed by atoms with Gasteiger partial charge in [-0.15, -0.1) is 46.0 Å². The summed E-state index contributed by atoms with van der Waals surface area (Å²) < 4.78 is 0. The molecule has 4 heteroatoms. The van der Waals surface area contributed by atoms with Crippen LogP contribution in [0.5, 0.6) is 0 Å². The van der Waals surface area contributed by atoms with E-state index in [0.29, 0.717) is 19.3 Å². The third kappa shape index (κ3) is 38.9. The Hall–Kier alpha value is -0.537. The quantitative estimate of drug-likeness (QED) is 0.486. The Balaban J connectivity index is -0.000000105. The van der Waals surface area contributed by atoms with Crippen molar-refractivity contribution in [2.45, 2.75) is 39.0 Å². The molecule has 0 spiro atoms. The maximum absolute atomic E-state index is 9.46. The van der Waals surface area contributed by atoms with Crippen molar-refractivity contribution < 1.29 is 41.5 Å². The van der Waals surface area contributed by atoms with E-state index < -0.39 is 0 Å². The van der Waals surface area contributed by atoms with Gasteiger partial charge < -0.3 is 15.3 Å².